The molecule has 1 heterocycles. The highest BCUT2D eigenvalue weighted by Gasteiger charge is 2.10. The Hall–Kier alpha value is -1.41. The van der Waals surface area contributed by atoms with Crippen molar-refractivity contribution in [3.8, 4) is 17.1 Å². The van der Waals surface area contributed by atoms with Crippen molar-refractivity contribution >= 4 is 22.6 Å². The highest BCUT2D eigenvalue weighted by Crippen LogP contribution is 2.21. The molecular weight excluding hydrogens is 371 g/mol. The van der Waals surface area contributed by atoms with Gasteiger partial charge in [-0.05, 0) is 41.6 Å². The highest BCUT2D eigenvalue weighted by molar-refractivity contribution is 14.1. The van der Waals surface area contributed by atoms with Crippen LogP contribution in [-0.2, 0) is 11.3 Å². The maximum atomic E-state index is 11.9. The minimum atomic E-state index is -0.163. The molecule has 2 rings (SSSR count). The number of aromatic nitrogens is 2. The SMILES string of the molecule is CCOc1cccc(-c2nc(COC)c(I)c(=O)[nH]2)c1. The fraction of sp³-hybridized carbons (Fsp3) is 0.286. The predicted octanol–water partition coefficient (Wildman–Crippen LogP) is 2.59. The molecule has 0 aliphatic heterocycles. The molecule has 1 aromatic heterocycles. The lowest BCUT2D eigenvalue weighted by atomic mass is 10.2. The standard InChI is InChI=1S/C14H15IN2O3/c1-3-20-10-6-4-5-9(7-10)13-16-11(8-19-2)12(15)14(18)17-13/h4-7H,3,8H2,1-2H3,(H,16,17,18). The third-order valence-electron chi connectivity index (χ3n) is 2.63. The number of rotatable bonds is 5. The van der Waals surface area contributed by atoms with E-state index in [1.807, 2.05) is 53.8 Å². The van der Waals surface area contributed by atoms with Crippen molar-refractivity contribution in [3.63, 3.8) is 0 Å². The predicted molar refractivity (Wildman–Crippen MR) is 84.9 cm³/mol. The van der Waals surface area contributed by atoms with Crippen molar-refractivity contribution in [1.29, 1.82) is 0 Å². The number of benzene rings is 1. The van der Waals surface area contributed by atoms with Gasteiger partial charge in [0.15, 0.2) is 0 Å². The first-order chi connectivity index (χ1) is 9.65. The summed E-state index contributed by atoms with van der Waals surface area (Å²) in [5.41, 5.74) is 1.28. The zero-order valence-corrected chi connectivity index (χ0v) is 13.4. The van der Waals surface area contributed by atoms with Crippen LogP contribution in [0.4, 0.5) is 0 Å². The number of ether oxygens (including phenoxy) is 2. The second-order valence-corrected chi connectivity index (χ2v) is 5.15. The lowest BCUT2D eigenvalue weighted by Gasteiger charge is -2.08. The monoisotopic (exact) mass is 386 g/mol. The molecule has 0 saturated heterocycles. The van der Waals surface area contributed by atoms with Crippen LogP contribution in [0.5, 0.6) is 5.75 Å². The van der Waals surface area contributed by atoms with Crippen LogP contribution in [0.1, 0.15) is 12.6 Å². The lowest BCUT2D eigenvalue weighted by Crippen LogP contribution is -2.16. The Bertz CT molecular complexity index is 655. The number of nitrogens with one attached hydrogen (secondary N) is 1. The normalized spacial score (nSPS) is 10.6. The molecule has 106 valence electrons. The lowest BCUT2D eigenvalue weighted by molar-refractivity contribution is 0.180. The fourth-order valence-corrected chi connectivity index (χ4v) is 2.19. The van der Waals surface area contributed by atoms with E-state index in [2.05, 4.69) is 9.97 Å². The van der Waals surface area contributed by atoms with Gasteiger partial charge in [-0.25, -0.2) is 4.98 Å². The van der Waals surface area contributed by atoms with Crippen LogP contribution >= 0.6 is 22.6 Å². The first-order valence-corrected chi connectivity index (χ1v) is 7.24. The van der Waals surface area contributed by atoms with Crippen LogP contribution in [-0.4, -0.2) is 23.7 Å². The summed E-state index contributed by atoms with van der Waals surface area (Å²) in [6.45, 7) is 2.82. The molecule has 0 atom stereocenters. The number of nitrogens with zero attached hydrogens (tertiary/aromatic N) is 1. The second kappa shape index (κ2) is 6.85. The van der Waals surface area contributed by atoms with E-state index in [0.717, 1.165) is 11.3 Å². The third kappa shape index (κ3) is 3.37. The molecule has 0 bridgehead atoms. The topological polar surface area (TPSA) is 64.2 Å². The fourth-order valence-electron chi connectivity index (χ4n) is 1.77. The van der Waals surface area contributed by atoms with Crippen molar-refractivity contribution in [2.45, 2.75) is 13.5 Å². The van der Waals surface area contributed by atoms with Crippen LogP contribution < -0.4 is 10.3 Å². The van der Waals surface area contributed by atoms with Gasteiger partial charge in [-0.15, -0.1) is 0 Å². The van der Waals surface area contributed by atoms with Crippen LogP contribution in [0.3, 0.4) is 0 Å². The number of aromatic amines is 1. The summed E-state index contributed by atoms with van der Waals surface area (Å²) in [6, 6.07) is 7.47. The Labute approximate surface area is 130 Å². The molecule has 0 saturated carbocycles. The van der Waals surface area contributed by atoms with Crippen LogP contribution in [0.2, 0.25) is 0 Å². The van der Waals surface area contributed by atoms with Gasteiger partial charge >= 0.3 is 0 Å². The smallest absolute Gasteiger partial charge is 0.264 e. The maximum absolute atomic E-state index is 11.9. The molecule has 0 spiro atoms. The van der Waals surface area contributed by atoms with Gasteiger partial charge in [-0.3, -0.25) is 4.79 Å². The molecule has 5 nitrogen and oxygen atoms in total. The van der Waals surface area contributed by atoms with Crippen molar-refractivity contribution in [3.05, 3.63) is 43.9 Å². The molecule has 1 aromatic carbocycles. The summed E-state index contributed by atoms with van der Waals surface area (Å²) in [4.78, 5) is 19.2. The molecule has 0 aliphatic rings. The van der Waals surface area contributed by atoms with Gasteiger partial charge in [0.2, 0.25) is 0 Å². The first kappa shape index (κ1) is 15.0. The van der Waals surface area contributed by atoms with E-state index < -0.39 is 0 Å². The number of hydrogen-bond acceptors (Lipinski definition) is 4. The number of H-pyrrole nitrogens is 1. The summed E-state index contributed by atoms with van der Waals surface area (Å²) in [6.07, 6.45) is 0. The van der Waals surface area contributed by atoms with Crippen LogP contribution in [0, 0.1) is 3.57 Å². The van der Waals surface area contributed by atoms with Crippen LogP contribution in [0.25, 0.3) is 11.4 Å². The number of halogens is 1. The Balaban J connectivity index is 2.47. The molecule has 0 radical (unpaired) electrons. The Morgan fingerprint density at radius 2 is 2.20 bits per heavy atom. The van der Waals surface area contributed by atoms with E-state index in [-0.39, 0.29) is 5.56 Å². The Kier molecular flexibility index (Phi) is 5.13. The van der Waals surface area contributed by atoms with E-state index in [1.165, 1.54) is 0 Å². The molecule has 0 amide bonds. The van der Waals surface area contributed by atoms with Gasteiger partial charge in [0.25, 0.3) is 5.56 Å². The van der Waals surface area contributed by atoms with Gasteiger partial charge in [-0.1, -0.05) is 12.1 Å². The molecule has 2 aromatic rings. The van der Waals surface area contributed by atoms with Gasteiger partial charge in [0, 0.05) is 12.7 Å². The van der Waals surface area contributed by atoms with E-state index in [4.69, 9.17) is 9.47 Å². The van der Waals surface area contributed by atoms with Gasteiger partial charge in [0.05, 0.1) is 18.9 Å². The van der Waals surface area contributed by atoms with E-state index in [0.29, 0.717) is 28.3 Å². The molecule has 20 heavy (non-hydrogen) atoms. The summed E-state index contributed by atoms with van der Waals surface area (Å²) >= 11 is 1.97. The molecule has 0 fully saturated rings. The second-order valence-electron chi connectivity index (χ2n) is 4.07. The van der Waals surface area contributed by atoms with Gasteiger partial charge in [0.1, 0.15) is 15.1 Å². The molecule has 0 aliphatic carbocycles. The van der Waals surface area contributed by atoms with Crippen molar-refractivity contribution in [1.82, 2.24) is 9.97 Å². The van der Waals surface area contributed by atoms with Gasteiger partial charge in [-0.2, -0.15) is 0 Å². The van der Waals surface area contributed by atoms with Gasteiger partial charge < -0.3 is 14.5 Å². The number of hydrogen-bond donors (Lipinski definition) is 1. The molecule has 6 heteroatoms. The van der Waals surface area contributed by atoms with E-state index in [9.17, 15) is 4.79 Å². The average molecular weight is 386 g/mol. The zero-order chi connectivity index (χ0) is 14.5. The quantitative estimate of drug-likeness (QED) is 0.803. The first-order valence-electron chi connectivity index (χ1n) is 6.16. The molecular formula is C14H15IN2O3. The Morgan fingerprint density at radius 1 is 1.40 bits per heavy atom. The summed E-state index contributed by atoms with van der Waals surface area (Å²) < 4.78 is 11.1. The zero-order valence-electron chi connectivity index (χ0n) is 11.3. The van der Waals surface area contributed by atoms with E-state index in [1.54, 1.807) is 7.11 Å². The molecule has 0 unspecified atom stereocenters. The minimum absolute atomic E-state index is 0.163. The molecule has 1 N–H and O–H groups in total. The van der Waals surface area contributed by atoms with Crippen molar-refractivity contribution in [2.75, 3.05) is 13.7 Å². The van der Waals surface area contributed by atoms with Crippen molar-refractivity contribution < 1.29 is 9.47 Å². The average Bonchev–Trinajstić information content (AvgIpc) is 2.44. The highest BCUT2D eigenvalue weighted by atomic mass is 127. The third-order valence-corrected chi connectivity index (χ3v) is 3.74. The summed E-state index contributed by atoms with van der Waals surface area (Å²) in [7, 11) is 1.58. The van der Waals surface area contributed by atoms with Crippen LogP contribution in [0.15, 0.2) is 29.1 Å². The Morgan fingerprint density at radius 3 is 2.90 bits per heavy atom. The summed E-state index contributed by atoms with van der Waals surface area (Å²) in [5.74, 6) is 1.27. The van der Waals surface area contributed by atoms with Crippen molar-refractivity contribution in [2.24, 2.45) is 0 Å². The number of methoxy groups -OCH3 is 1. The largest absolute Gasteiger partial charge is 0.494 e. The summed E-state index contributed by atoms with van der Waals surface area (Å²) in [5, 5.41) is 0. The minimum Gasteiger partial charge on any atom is -0.494 e. The maximum Gasteiger partial charge on any atom is 0.264 e. The van der Waals surface area contributed by atoms with E-state index >= 15 is 0 Å².